The smallest absolute Gasteiger partial charge is 0.254 e. The van der Waals surface area contributed by atoms with Crippen LogP contribution in [-0.4, -0.2) is 30.4 Å². The van der Waals surface area contributed by atoms with Crippen LogP contribution in [0.2, 0.25) is 0 Å². The minimum atomic E-state index is -0.227. The van der Waals surface area contributed by atoms with Gasteiger partial charge >= 0.3 is 0 Å². The SMILES string of the molecule is COc1cccc(NC(=O)CN2Cc3ccccc3C2=O)c1. The van der Waals surface area contributed by atoms with Crippen molar-refractivity contribution in [2.24, 2.45) is 0 Å². The molecule has 2 aromatic carbocycles. The number of hydrogen-bond acceptors (Lipinski definition) is 3. The summed E-state index contributed by atoms with van der Waals surface area (Å²) >= 11 is 0. The topological polar surface area (TPSA) is 58.6 Å². The molecular formula is C17H16N2O3. The Balaban J connectivity index is 1.65. The van der Waals surface area contributed by atoms with E-state index in [2.05, 4.69) is 5.32 Å². The first-order chi connectivity index (χ1) is 10.7. The molecule has 2 amide bonds. The highest BCUT2D eigenvalue weighted by Crippen LogP contribution is 2.22. The van der Waals surface area contributed by atoms with Crippen LogP contribution in [0.4, 0.5) is 5.69 Å². The van der Waals surface area contributed by atoms with Gasteiger partial charge in [-0.2, -0.15) is 0 Å². The number of carbonyl (C=O) groups excluding carboxylic acids is 2. The molecule has 22 heavy (non-hydrogen) atoms. The number of nitrogens with one attached hydrogen (secondary N) is 1. The Kier molecular flexibility index (Phi) is 3.78. The third kappa shape index (κ3) is 2.79. The van der Waals surface area contributed by atoms with E-state index in [1.165, 1.54) is 0 Å². The summed E-state index contributed by atoms with van der Waals surface area (Å²) in [6.07, 6.45) is 0. The number of ether oxygens (including phenoxy) is 1. The molecule has 0 saturated heterocycles. The number of hydrogen-bond donors (Lipinski definition) is 1. The Morgan fingerprint density at radius 3 is 2.82 bits per heavy atom. The molecule has 0 spiro atoms. The summed E-state index contributed by atoms with van der Waals surface area (Å²) in [6, 6.07) is 14.5. The Bertz CT molecular complexity index is 727. The molecule has 0 bridgehead atoms. The molecule has 5 nitrogen and oxygen atoms in total. The van der Waals surface area contributed by atoms with Gasteiger partial charge < -0.3 is 15.0 Å². The third-order valence-corrected chi connectivity index (χ3v) is 3.58. The predicted octanol–water partition coefficient (Wildman–Crippen LogP) is 2.29. The molecule has 1 N–H and O–H groups in total. The molecule has 1 aliphatic heterocycles. The molecule has 0 aromatic heterocycles. The van der Waals surface area contributed by atoms with E-state index < -0.39 is 0 Å². The zero-order chi connectivity index (χ0) is 15.5. The summed E-state index contributed by atoms with van der Waals surface area (Å²) in [5.74, 6) is 0.341. The standard InChI is InChI=1S/C17H16N2O3/c1-22-14-7-4-6-13(9-14)18-16(20)11-19-10-12-5-2-3-8-15(12)17(19)21/h2-9H,10-11H2,1H3,(H,18,20). The van der Waals surface area contributed by atoms with Crippen molar-refractivity contribution in [3.8, 4) is 5.75 Å². The van der Waals surface area contributed by atoms with E-state index in [0.29, 0.717) is 23.5 Å². The second-order valence-corrected chi connectivity index (χ2v) is 5.10. The summed E-state index contributed by atoms with van der Waals surface area (Å²) in [5, 5.41) is 2.78. The number of carbonyl (C=O) groups is 2. The first kappa shape index (κ1) is 14.1. The van der Waals surface area contributed by atoms with E-state index >= 15 is 0 Å². The van der Waals surface area contributed by atoms with Crippen molar-refractivity contribution in [2.45, 2.75) is 6.54 Å². The monoisotopic (exact) mass is 296 g/mol. The van der Waals surface area contributed by atoms with Gasteiger partial charge in [0.25, 0.3) is 5.91 Å². The van der Waals surface area contributed by atoms with Crippen LogP contribution in [-0.2, 0) is 11.3 Å². The Hall–Kier alpha value is -2.82. The molecule has 0 radical (unpaired) electrons. The van der Waals surface area contributed by atoms with Gasteiger partial charge in [0.1, 0.15) is 12.3 Å². The molecule has 5 heteroatoms. The molecule has 0 atom stereocenters. The van der Waals surface area contributed by atoms with E-state index in [4.69, 9.17) is 4.74 Å². The van der Waals surface area contributed by atoms with Crippen LogP contribution in [0.1, 0.15) is 15.9 Å². The maximum Gasteiger partial charge on any atom is 0.254 e. The van der Waals surface area contributed by atoms with Gasteiger partial charge in [0.15, 0.2) is 0 Å². The van der Waals surface area contributed by atoms with Gasteiger partial charge in [-0.1, -0.05) is 24.3 Å². The largest absolute Gasteiger partial charge is 0.497 e. The van der Waals surface area contributed by atoms with Gasteiger partial charge in [0.05, 0.1) is 7.11 Å². The lowest BCUT2D eigenvalue weighted by Crippen LogP contribution is -2.33. The molecule has 0 fully saturated rings. The number of amides is 2. The van der Waals surface area contributed by atoms with E-state index in [-0.39, 0.29) is 18.4 Å². The molecule has 0 aliphatic carbocycles. The lowest BCUT2D eigenvalue weighted by Gasteiger charge is -2.15. The highest BCUT2D eigenvalue weighted by Gasteiger charge is 2.28. The summed E-state index contributed by atoms with van der Waals surface area (Å²) in [5.41, 5.74) is 2.28. The van der Waals surface area contributed by atoms with Gasteiger partial charge in [0.2, 0.25) is 5.91 Å². The Labute approximate surface area is 128 Å². The summed E-state index contributed by atoms with van der Waals surface area (Å²) in [6.45, 7) is 0.505. The van der Waals surface area contributed by atoms with Crippen molar-refractivity contribution >= 4 is 17.5 Å². The quantitative estimate of drug-likeness (QED) is 0.941. The number of rotatable bonds is 4. The van der Waals surface area contributed by atoms with E-state index in [0.717, 1.165) is 5.56 Å². The van der Waals surface area contributed by atoms with Gasteiger partial charge in [-0.25, -0.2) is 0 Å². The van der Waals surface area contributed by atoms with E-state index in [1.54, 1.807) is 42.3 Å². The minimum Gasteiger partial charge on any atom is -0.497 e. The van der Waals surface area contributed by atoms with Crippen LogP contribution in [0, 0.1) is 0 Å². The zero-order valence-electron chi connectivity index (χ0n) is 12.2. The van der Waals surface area contributed by atoms with Crippen molar-refractivity contribution in [1.29, 1.82) is 0 Å². The van der Waals surface area contributed by atoms with E-state index in [1.807, 2.05) is 18.2 Å². The second-order valence-electron chi connectivity index (χ2n) is 5.10. The molecule has 112 valence electrons. The van der Waals surface area contributed by atoms with Crippen LogP contribution in [0.15, 0.2) is 48.5 Å². The van der Waals surface area contributed by atoms with Gasteiger partial charge in [-0.05, 0) is 23.8 Å². The average Bonchev–Trinajstić information content (AvgIpc) is 2.84. The fourth-order valence-electron chi connectivity index (χ4n) is 2.52. The number of benzene rings is 2. The summed E-state index contributed by atoms with van der Waals surface area (Å²) in [4.78, 5) is 25.9. The minimum absolute atomic E-state index is 0.0325. The first-order valence-corrected chi connectivity index (χ1v) is 6.98. The Morgan fingerprint density at radius 1 is 1.23 bits per heavy atom. The fourth-order valence-corrected chi connectivity index (χ4v) is 2.52. The number of nitrogens with zero attached hydrogens (tertiary/aromatic N) is 1. The van der Waals surface area contributed by atoms with Crippen molar-refractivity contribution in [1.82, 2.24) is 4.90 Å². The molecule has 1 heterocycles. The van der Waals surface area contributed by atoms with Gasteiger partial charge in [-0.15, -0.1) is 0 Å². The predicted molar refractivity (Wildman–Crippen MR) is 82.8 cm³/mol. The zero-order valence-corrected chi connectivity index (χ0v) is 12.2. The normalized spacial score (nSPS) is 13.0. The molecule has 0 unspecified atom stereocenters. The van der Waals surface area contributed by atoms with Crippen LogP contribution < -0.4 is 10.1 Å². The molecule has 2 aromatic rings. The average molecular weight is 296 g/mol. The molecule has 0 saturated carbocycles. The van der Waals surface area contributed by atoms with E-state index in [9.17, 15) is 9.59 Å². The fraction of sp³-hybridized carbons (Fsp3) is 0.176. The lowest BCUT2D eigenvalue weighted by atomic mass is 10.1. The van der Waals surface area contributed by atoms with Crippen LogP contribution >= 0.6 is 0 Å². The van der Waals surface area contributed by atoms with Gasteiger partial charge in [-0.3, -0.25) is 9.59 Å². The number of anilines is 1. The van der Waals surface area contributed by atoms with Gasteiger partial charge in [0, 0.05) is 23.9 Å². The maximum atomic E-state index is 12.2. The second kappa shape index (κ2) is 5.89. The number of fused-ring (bicyclic) bond motifs is 1. The summed E-state index contributed by atoms with van der Waals surface area (Å²) in [7, 11) is 1.57. The van der Waals surface area contributed by atoms with Crippen LogP contribution in [0.3, 0.4) is 0 Å². The third-order valence-electron chi connectivity index (χ3n) is 3.58. The van der Waals surface area contributed by atoms with Crippen LogP contribution in [0.25, 0.3) is 0 Å². The molecule has 3 rings (SSSR count). The maximum absolute atomic E-state index is 12.2. The lowest BCUT2D eigenvalue weighted by molar-refractivity contribution is -0.116. The first-order valence-electron chi connectivity index (χ1n) is 6.98. The molecule has 1 aliphatic rings. The van der Waals surface area contributed by atoms with Crippen molar-refractivity contribution < 1.29 is 14.3 Å². The van der Waals surface area contributed by atoms with Crippen molar-refractivity contribution in [3.63, 3.8) is 0 Å². The Morgan fingerprint density at radius 2 is 2.05 bits per heavy atom. The van der Waals surface area contributed by atoms with Crippen molar-refractivity contribution in [3.05, 3.63) is 59.7 Å². The van der Waals surface area contributed by atoms with Crippen LogP contribution in [0.5, 0.6) is 5.75 Å². The highest BCUT2D eigenvalue weighted by atomic mass is 16.5. The summed E-state index contributed by atoms with van der Waals surface area (Å²) < 4.78 is 5.11. The number of methoxy groups -OCH3 is 1. The van der Waals surface area contributed by atoms with Crippen molar-refractivity contribution in [2.75, 3.05) is 19.0 Å². The highest BCUT2D eigenvalue weighted by molar-refractivity contribution is 6.02. The molecular weight excluding hydrogens is 280 g/mol.